The number of fused-ring (bicyclic) bond motifs is 7. The molecule has 12 heteroatoms. The fourth-order valence-corrected chi connectivity index (χ4v) is 9.01. The lowest BCUT2D eigenvalue weighted by atomic mass is 9.67. The highest BCUT2D eigenvalue weighted by Crippen LogP contribution is 2.59. The van der Waals surface area contributed by atoms with Crippen molar-refractivity contribution >= 4 is 16.9 Å². The van der Waals surface area contributed by atoms with Crippen LogP contribution in [0.4, 0.5) is 0 Å². The Balaban J connectivity index is 1.50. The third kappa shape index (κ3) is 5.07. The third-order valence-electron chi connectivity index (χ3n) is 11.7. The van der Waals surface area contributed by atoms with Gasteiger partial charge in [0.25, 0.3) is 0 Å². The molecule has 8 rings (SSSR count). The molecule has 0 saturated heterocycles. The van der Waals surface area contributed by atoms with Crippen molar-refractivity contribution in [3.05, 3.63) is 114 Å². The van der Waals surface area contributed by atoms with Crippen molar-refractivity contribution in [2.75, 3.05) is 13.2 Å². The number of nitrogens with one attached hydrogen (secondary N) is 2. The second kappa shape index (κ2) is 12.6. The molecule has 6 aliphatic rings. The number of aliphatic hydroxyl groups is 2. The smallest absolute Gasteiger partial charge is 0.333 e. The number of phenols is 1. The molecule has 1 aromatic heterocycles. The molecule has 2 aromatic rings. The van der Waals surface area contributed by atoms with Crippen LogP contribution in [-0.4, -0.2) is 52.3 Å². The molecule has 4 aliphatic heterocycles. The Hall–Kier alpha value is -5.04. The summed E-state index contributed by atoms with van der Waals surface area (Å²) in [5, 5.41) is 39.3. The lowest BCUT2D eigenvalue weighted by Crippen LogP contribution is -2.57. The monoisotopic (exact) mass is 708 g/mol. The maximum Gasteiger partial charge on any atom is 0.333 e. The van der Waals surface area contributed by atoms with E-state index in [9.17, 15) is 24.9 Å². The molecule has 1 aromatic carbocycles. The molecule has 272 valence electrons. The normalized spacial score (nSPS) is 27.8. The molecule has 0 fully saturated rings. The summed E-state index contributed by atoms with van der Waals surface area (Å²) >= 11 is 0. The van der Waals surface area contributed by atoms with Crippen molar-refractivity contribution in [2.45, 2.75) is 83.3 Å². The Morgan fingerprint density at radius 3 is 2.77 bits per heavy atom. The van der Waals surface area contributed by atoms with Crippen molar-refractivity contribution in [2.24, 2.45) is 17.4 Å². The van der Waals surface area contributed by atoms with Gasteiger partial charge in [-0.05, 0) is 80.4 Å². The summed E-state index contributed by atoms with van der Waals surface area (Å²) in [5.41, 5.74) is 19.6. The van der Waals surface area contributed by atoms with Crippen molar-refractivity contribution < 1.29 is 34.0 Å². The first-order chi connectivity index (χ1) is 25.0. The van der Waals surface area contributed by atoms with Crippen molar-refractivity contribution in [3.8, 4) is 11.5 Å². The fourth-order valence-electron chi connectivity index (χ4n) is 9.01. The summed E-state index contributed by atoms with van der Waals surface area (Å²) in [6.07, 6.45) is 10.7. The van der Waals surface area contributed by atoms with Crippen LogP contribution in [0.15, 0.2) is 96.2 Å². The molecule has 0 radical (unpaired) electrons. The molecule has 9 N–H and O–H groups in total. The van der Waals surface area contributed by atoms with Crippen molar-refractivity contribution in [3.63, 3.8) is 0 Å². The van der Waals surface area contributed by atoms with E-state index in [0.29, 0.717) is 54.1 Å². The Kier molecular flexibility index (Phi) is 8.24. The van der Waals surface area contributed by atoms with Crippen LogP contribution in [-0.2, 0) is 22.6 Å². The zero-order chi connectivity index (χ0) is 36.6. The number of aromatic hydroxyl groups is 1. The summed E-state index contributed by atoms with van der Waals surface area (Å²) in [4.78, 5) is 27.4. The number of benzene rings is 1. The molecule has 52 heavy (non-hydrogen) atoms. The number of carbonyl (C=O) groups is 1. The van der Waals surface area contributed by atoms with Crippen LogP contribution in [0, 0.1) is 5.92 Å². The number of hydrogen-bond acceptors (Lipinski definition) is 12. The first kappa shape index (κ1) is 34.1. The first-order valence-electron chi connectivity index (χ1n) is 17.9. The van der Waals surface area contributed by atoms with Crippen LogP contribution < -0.4 is 32.3 Å². The molecular weight excluding hydrogens is 664 g/mol. The quantitative estimate of drug-likeness (QED) is 0.176. The van der Waals surface area contributed by atoms with E-state index >= 15 is 0 Å². The largest absolute Gasteiger partial charge is 0.507 e. The van der Waals surface area contributed by atoms with Gasteiger partial charge in [-0.25, -0.2) is 4.79 Å². The number of carbonyl (C=O) groups excluding carboxylic acids is 1. The van der Waals surface area contributed by atoms with Gasteiger partial charge in [0.15, 0.2) is 11.0 Å². The topological polar surface area (TPSA) is 203 Å². The SMILES string of the molecule is C/C=C(/C)C(=O)O[C@@H]1Cc2c3c(c4oc(CO)cc(=O)c4c2O)[C@H](CCO)C2=CCNC(N)=C2C2=CCC4=C2[C@H](CC2=CNC(N)C=C2C4)[C@]1(C)O3. The van der Waals surface area contributed by atoms with Gasteiger partial charge < -0.3 is 51.3 Å². The minimum atomic E-state index is -1.25. The second-order valence-corrected chi connectivity index (χ2v) is 14.6. The molecular formula is C40H44N4O8. The molecule has 0 saturated carbocycles. The van der Waals surface area contributed by atoms with Gasteiger partial charge in [-0.15, -0.1) is 0 Å². The van der Waals surface area contributed by atoms with E-state index in [1.807, 2.05) is 25.3 Å². The summed E-state index contributed by atoms with van der Waals surface area (Å²) < 4.78 is 20.0. The average Bonchev–Trinajstić information content (AvgIpc) is 3.44. The summed E-state index contributed by atoms with van der Waals surface area (Å²) in [5.74, 6) is -1.10. The highest BCUT2D eigenvalue weighted by atomic mass is 16.6. The van der Waals surface area contributed by atoms with Crippen LogP contribution >= 0.6 is 0 Å². The van der Waals surface area contributed by atoms with E-state index in [-0.39, 0.29) is 48.1 Å². The molecule has 2 aliphatic carbocycles. The highest BCUT2D eigenvalue weighted by molar-refractivity contribution is 5.92. The van der Waals surface area contributed by atoms with Crippen LogP contribution in [0.2, 0.25) is 0 Å². The maximum atomic E-state index is 13.7. The van der Waals surface area contributed by atoms with Gasteiger partial charge in [0.1, 0.15) is 46.8 Å². The van der Waals surface area contributed by atoms with E-state index in [1.165, 1.54) is 5.57 Å². The summed E-state index contributed by atoms with van der Waals surface area (Å²) in [6.45, 7) is 5.04. The van der Waals surface area contributed by atoms with E-state index < -0.39 is 41.5 Å². The molecule has 0 amide bonds. The number of nitrogens with two attached hydrogens (primary N) is 2. The first-order valence-corrected chi connectivity index (χ1v) is 17.9. The second-order valence-electron chi connectivity index (χ2n) is 14.6. The van der Waals surface area contributed by atoms with E-state index in [1.54, 1.807) is 19.9 Å². The average molecular weight is 709 g/mol. The van der Waals surface area contributed by atoms with Crippen LogP contribution in [0.1, 0.15) is 69.3 Å². The predicted octanol–water partition coefficient (Wildman–Crippen LogP) is 3.48. The number of allylic oxidation sites excluding steroid dienone is 8. The number of phenolic OH excluding ortho intramolecular Hbond substituents is 1. The molecule has 5 heterocycles. The Morgan fingerprint density at radius 1 is 1.21 bits per heavy atom. The van der Waals surface area contributed by atoms with Crippen LogP contribution in [0.25, 0.3) is 11.0 Å². The molecule has 5 atom stereocenters. The fraction of sp³-hybridized carbons (Fsp3) is 0.400. The van der Waals surface area contributed by atoms with Crippen molar-refractivity contribution in [1.29, 1.82) is 0 Å². The standard InChI is InChI=1S/C40H44N4O8/c1-4-18(2)39(49)51-29-15-26-35(48)34-28(47)14-22(17-46)50-37(34)33-24(8-10-45)23-7-9-43-38(42)32(23)25-6-5-19-11-20-13-30(41)44-16-21(20)12-27(31(19)25)40(29,3)52-36(26)33/h4,6-7,13-14,16,24,27,29-30,43-46,48H,5,8-12,15,17,41-42H2,1-3H3/b18-4-/t24-,27+,29-,30?,40+/m1/s1. The maximum absolute atomic E-state index is 13.7. The number of dihydropyridines is 2. The predicted molar refractivity (Wildman–Crippen MR) is 194 cm³/mol. The molecule has 0 spiro atoms. The van der Waals surface area contributed by atoms with Gasteiger partial charge in [0.05, 0.1) is 6.17 Å². The molecule has 1 unspecified atom stereocenters. The third-order valence-corrected chi connectivity index (χ3v) is 11.7. The van der Waals surface area contributed by atoms with Gasteiger partial charge >= 0.3 is 5.97 Å². The minimum absolute atomic E-state index is 0.0149. The number of esters is 1. The molecule has 2 bridgehead atoms. The zero-order valence-electron chi connectivity index (χ0n) is 29.5. The number of hydrogen-bond donors (Lipinski definition) is 7. The lowest BCUT2D eigenvalue weighted by Gasteiger charge is -2.49. The summed E-state index contributed by atoms with van der Waals surface area (Å²) in [6, 6.07) is 1.16. The minimum Gasteiger partial charge on any atom is -0.507 e. The Morgan fingerprint density at radius 2 is 2.02 bits per heavy atom. The van der Waals surface area contributed by atoms with Crippen LogP contribution in [0.3, 0.4) is 0 Å². The van der Waals surface area contributed by atoms with Gasteiger partial charge in [-0.2, -0.15) is 0 Å². The van der Waals surface area contributed by atoms with E-state index in [0.717, 1.165) is 39.5 Å². The van der Waals surface area contributed by atoms with E-state index in [4.69, 9.17) is 25.4 Å². The molecule has 12 nitrogen and oxygen atoms in total. The Bertz CT molecular complexity index is 2220. The lowest BCUT2D eigenvalue weighted by molar-refractivity contribution is -0.162. The summed E-state index contributed by atoms with van der Waals surface area (Å²) in [7, 11) is 0. The van der Waals surface area contributed by atoms with Gasteiger partial charge in [-0.1, -0.05) is 23.8 Å². The van der Waals surface area contributed by atoms with Gasteiger partial charge in [0, 0.05) is 65.9 Å². The van der Waals surface area contributed by atoms with Gasteiger partial charge in [-0.3, -0.25) is 4.79 Å². The van der Waals surface area contributed by atoms with E-state index in [2.05, 4.69) is 16.7 Å². The zero-order valence-corrected chi connectivity index (χ0v) is 29.5. The number of aliphatic hydroxyl groups excluding tert-OH is 2. The number of rotatable bonds is 5. The Labute approximate surface area is 300 Å². The van der Waals surface area contributed by atoms with Crippen molar-refractivity contribution in [1.82, 2.24) is 10.6 Å². The number of ether oxygens (including phenoxy) is 2. The van der Waals surface area contributed by atoms with Crippen LogP contribution in [0.5, 0.6) is 11.5 Å². The highest BCUT2D eigenvalue weighted by Gasteiger charge is 2.56. The van der Waals surface area contributed by atoms with Gasteiger partial charge in [0.2, 0.25) is 0 Å².